The molecule has 1 amide bonds. The third kappa shape index (κ3) is 4.00. The van der Waals surface area contributed by atoms with Crippen LogP contribution >= 0.6 is 0 Å². The van der Waals surface area contributed by atoms with Gasteiger partial charge in [-0.05, 0) is 49.3 Å². The first-order valence-corrected chi connectivity index (χ1v) is 8.96. The summed E-state index contributed by atoms with van der Waals surface area (Å²) in [6.45, 7) is 2.03. The van der Waals surface area contributed by atoms with Crippen molar-refractivity contribution in [3.63, 3.8) is 0 Å². The second kappa shape index (κ2) is 7.52. The summed E-state index contributed by atoms with van der Waals surface area (Å²) in [4.78, 5) is 25.8. The molecule has 25 heavy (non-hydrogen) atoms. The molecule has 2 aliphatic rings. The Bertz CT molecular complexity index is 664. The van der Waals surface area contributed by atoms with Crippen LogP contribution in [0.1, 0.15) is 43.2 Å². The van der Waals surface area contributed by atoms with Crippen molar-refractivity contribution in [1.29, 1.82) is 0 Å². The second-order valence-corrected chi connectivity index (χ2v) is 7.23. The minimum Gasteiger partial charge on any atom is -0.480 e. The molecule has 3 atom stereocenters. The topological polar surface area (TPSA) is 69.6 Å². The summed E-state index contributed by atoms with van der Waals surface area (Å²) in [6.07, 6.45) is 4.89. The highest BCUT2D eigenvalue weighted by molar-refractivity contribution is 5.80. The molecule has 1 saturated carbocycles. The van der Waals surface area contributed by atoms with Crippen molar-refractivity contribution in [3.8, 4) is 0 Å². The number of carboxylic acids is 1. The molecule has 1 aromatic rings. The number of halogens is 1. The van der Waals surface area contributed by atoms with Crippen molar-refractivity contribution in [3.05, 3.63) is 35.1 Å². The van der Waals surface area contributed by atoms with E-state index in [2.05, 4.69) is 5.32 Å². The van der Waals surface area contributed by atoms with Gasteiger partial charge in [-0.3, -0.25) is 14.5 Å². The number of fused-ring (bicyclic) bond motifs is 1. The fourth-order valence-corrected chi connectivity index (χ4v) is 4.19. The largest absolute Gasteiger partial charge is 0.480 e. The summed E-state index contributed by atoms with van der Waals surface area (Å²) in [7, 11) is 0. The van der Waals surface area contributed by atoms with Crippen molar-refractivity contribution in [2.75, 3.05) is 6.54 Å². The SMILES string of the molecule is Cc1ccc(CNC(=O)CN2[C@H](C(=O)O)C[C@H]3CCCC[C@@H]32)cc1F. The molecule has 0 spiro atoms. The average Bonchev–Trinajstić information content (AvgIpc) is 2.95. The first-order chi connectivity index (χ1) is 12.0. The number of hydrogen-bond donors (Lipinski definition) is 2. The highest BCUT2D eigenvalue weighted by Crippen LogP contribution is 2.39. The summed E-state index contributed by atoms with van der Waals surface area (Å²) in [6, 6.07) is 4.51. The third-order valence-corrected chi connectivity index (χ3v) is 5.56. The Hall–Kier alpha value is -1.95. The van der Waals surface area contributed by atoms with Crippen molar-refractivity contribution in [2.24, 2.45) is 5.92 Å². The van der Waals surface area contributed by atoms with Gasteiger partial charge in [-0.2, -0.15) is 0 Å². The van der Waals surface area contributed by atoms with Crippen LogP contribution in [0.3, 0.4) is 0 Å². The van der Waals surface area contributed by atoms with Gasteiger partial charge in [-0.25, -0.2) is 4.39 Å². The van der Waals surface area contributed by atoms with Crippen LogP contribution in [0.4, 0.5) is 4.39 Å². The number of benzene rings is 1. The van der Waals surface area contributed by atoms with E-state index in [1.54, 1.807) is 19.1 Å². The Labute approximate surface area is 147 Å². The molecule has 1 saturated heterocycles. The van der Waals surface area contributed by atoms with Gasteiger partial charge in [0, 0.05) is 12.6 Å². The molecular formula is C19H25FN2O3. The van der Waals surface area contributed by atoms with Crippen LogP contribution in [0.25, 0.3) is 0 Å². The van der Waals surface area contributed by atoms with Crippen LogP contribution in [-0.2, 0) is 16.1 Å². The maximum atomic E-state index is 13.6. The Kier molecular flexibility index (Phi) is 5.37. The standard InChI is InChI=1S/C19H25FN2O3/c1-12-6-7-13(8-15(12)20)10-21-18(23)11-22-16-5-3-2-4-14(16)9-17(22)19(24)25/h6-8,14,16-17H,2-5,9-11H2,1H3,(H,21,23)(H,24,25)/t14-,16+,17+/m1/s1. The van der Waals surface area contributed by atoms with Crippen molar-refractivity contribution < 1.29 is 19.1 Å². The van der Waals surface area contributed by atoms with Gasteiger partial charge >= 0.3 is 5.97 Å². The van der Waals surface area contributed by atoms with Crippen molar-refractivity contribution in [1.82, 2.24) is 10.2 Å². The predicted molar refractivity (Wildman–Crippen MR) is 91.5 cm³/mol. The summed E-state index contributed by atoms with van der Waals surface area (Å²) in [5.41, 5.74) is 1.27. The fraction of sp³-hybridized carbons (Fsp3) is 0.579. The lowest BCUT2D eigenvalue weighted by Crippen LogP contribution is -2.47. The van der Waals surface area contributed by atoms with Crippen LogP contribution in [0.15, 0.2) is 18.2 Å². The minimum absolute atomic E-state index is 0.0898. The summed E-state index contributed by atoms with van der Waals surface area (Å²) in [5.74, 6) is -0.961. The molecule has 0 bridgehead atoms. The molecule has 3 rings (SSSR count). The normalized spacial score (nSPS) is 26.2. The van der Waals surface area contributed by atoms with Gasteiger partial charge in [-0.15, -0.1) is 0 Å². The minimum atomic E-state index is -0.845. The number of amides is 1. The molecular weight excluding hydrogens is 323 g/mol. The molecule has 0 aromatic heterocycles. The molecule has 1 aliphatic heterocycles. The zero-order valence-corrected chi connectivity index (χ0v) is 14.5. The van der Waals surface area contributed by atoms with Gasteiger partial charge in [0.15, 0.2) is 0 Å². The first kappa shape index (κ1) is 17.9. The monoisotopic (exact) mass is 348 g/mol. The number of aliphatic carboxylic acids is 1. The number of carboxylic acid groups (broad SMARTS) is 1. The molecule has 2 fully saturated rings. The molecule has 136 valence electrons. The van der Waals surface area contributed by atoms with E-state index in [0.717, 1.165) is 25.7 Å². The maximum absolute atomic E-state index is 13.6. The van der Waals surface area contributed by atoms with E-state index in [1.807, 2.05) is 4.90 Å². The number of nitrogens with zero attached hydrogens (tertiary/aromatic N) is 1. The zero-order valence-electron chi connectivity index (χ0n) is 14.5. The maximum Gasteiger partial charge on any atom is 0.320 e. The Balaban J connectivity index is 1.60. The Morgan fingerprint density at radius 3 is 2.80 bits per heavy atom. The fourth-order valence-electron chi connectivity index (χ4n) is 4.19. The summed E-state index contributed by atoms with van der Waals surface area (Å²) in [5, 5.41) is 12.3. The number of likely N-dealkylation sites (tertiary alicyclic amines) is 1. The summed E-state index contributed by atoms with van der Waals surface area (Å²) < 4.78 is 13.6. The second-order valence-electron chi connectivity index (χ2n) is 7.23. The quantitative estimate of drug-likeness (QED) is 0.858. The molecule has 0 radical (unpaired) electrons. The molecule has 0 unspecified atom stereocenters. The van der Waals surface area contributed by atoms with Gasteiger partial charge in [0.25, 0.3) is 0 Å². The van der Waals surface area contributed by atoms with E-state index in [-0.39, 0.29) is 30.9 Å². The van der Waals surface area contributed by atoms with E-state index in [0.29, 0.717) is 23.5 Å². The predicted octanol–water partition coefficient (Wildman–Crippen LogP) is 2.47. The number of carbonyl (C=O) groups excluding carboxylic acids is 1. The van der Waals surface area contributed by atoms with E-state index < -0.39 is 12.0 Å². The van der Waals surface area contributed by atoms with Crippen LogP contribution in [-0.4, -0.2) is 40.5 Å². The number of nitrogens with one attached hydrogen (secondary N) is 1. The van der Waals surface area contributed by atoms with Crippen molar-refractivity contribution >= 4 is 11.9 Å². The molecule has 1 aromatic carbocycles. The zero-order chi connectivity index (χ0) is 18.0. The van der Waals surface area contributed by atoms with Crippen molar-refractivity contribution in [2.45, 2.75) is 57.7 Å². The Morgan fingerprint density at radius 1 is 1.32 bits per heavy atom. The highest BCUT2D eigenvalue weighted by Gasteiger charge is 2.45. The Morgan fingerprint density at radius 2 is 2.08 bits per heavy atom. The molecule has 1 aliphatic carbocycles. The first-order valence-electron chi connectivity index (χ1n) is 8.96. The molecule has 5 nitrogen and oxygen atoms in total. The highest BCUT2D eigenvalue weighted by atomic mass is 19.1. The van der Waals surface area contributed by atoms with Crippen LogP contribution in [0.5, 0.6) is 0 Å². The molecule has 6 heteroatoms. The molecule has 2 N–H and O–H groups in total. The molecule has 1 heterocycles. The third-order valence-electron chi connectivity index (χ3n) is 5.56. The number of carbonyl (C=O) groups is 2. The van der Waals surface area contributed by atoms with Crippen LogP contribution < -0.4 is 5.32 Å². The number of rotatable bonds is 5. The number of hydrogen-bond acceptors (Lipinski definition) is 3. The van der Waals surface area contributed by atoms with Gasteiger partial charge in [0.05, 0.1) is 6.54 Å². The summed E-state index contributed by atoms with van der Waals surface area (Å²) >= 11 is 0. The van der Waals surface area contributed by atoms with Gasteiger partial charge in [0.1, 0.15) is 11.9 Å². The number of aryl methyl sites for hydroxylation is 1. The van der Waals surface area contributed by atoms with E-state index in [1.165, 1.54) is 6.07 Å². The van der Waals surface area contributed by atoms with Gasteiger partial charge < -0.3 is 10.4 Å². The van der Waals surface area contributed by atoms with Crippen LogP contribution in [0, 0.1) is 18.7 Å². The van der Waals surface area contributed by atoms with Crippen LogP contribution in [0.2, 0.25) is 0 Å². The lowest BCUT2D eigenvalue weighted by Gasteiger charge is -2.32. The average molecular weight is 348 g/mol. The lowest BCUT2D eigenvalue weighted by molar-refractivity contribution is -0.143. The van der Waals surface area contributed by atoms with E-state index in [4.69, 9.17) is 0 Å². The van der Waals surface area contributed by atoms with Gasteiger partial charge in [-0.1, -0.05) is 25.0 Å². The van der Waals surface area contributed by atoms with E-state index >= 15 is 0 Å². The smallest absolute Gasteiger partial charge is 0.320 e. The van der Waals surface area contributed by atoms with Gasteiger partial charge in [0.2, 0.25) is 5.91 Å². The lowest BCUT2D eigenvalue weighted by atomic mass is 9.85. The van der Waals surface area contributed by atoms with E-state index in [9.17, 15) is 19.1 Å².